The summed E-state index contributed by atoms with van der Waals surface area (Å²) in [7, 11) is -0.560. The molecule has 0 spiro atoms. The average Bonchev–Trinajstić information content (AvgIpc) is 2.94. The van der Waals surface area contributed by atoms with Gasteiger partial charge in [-0.25, -0.2) is 12.7 Å². The van der Waals surface area contributed by atoms with Crippen LogP contribution in [0.3, 0.4) is 0 Å². The molecule has 1 aromatic rings. The van der Waals surface area contributed by atoms with Crippen molar-refractivity contribution in [3.63, 3.8) is 0 Å². The van der Waals surface area contributed by atoms with E-state index in [9.17, 15) is 18.3 Å². The molecule has 1 atom stereocenters. The summed E-state index contributed by atoms with van der Waals surface area (Å²) >= 11 is 0. The number of aliphatic hydroxyl groups is 1. The van der Waals surface area contributed by atoms with E-state index in [1.54, 1.807) is 4.90 Å². The maximum absolute atomic E-state index is 12.4. The summed E-state index contributed by atoms with van der Waals surface area (Å²) in [5.41, 5.74) is 0.438. The predicted molar refractivity (Wildman–Crippen MR) is 78.5 cm³/mol. The first kappa shape index (κ1) is 15.9. The molecule has 7 heteroatoms. The maximum Gasteiger partial charge on any atom is 0.254 e. The molecular formula is C14H20N2O4S. The fraction of sp³-hybridized carbons (Fsp3) is 0.500. The first-order valence-electron chi connectivity index (χ1n) is 6.82. The van der Waals surface area contributed by atoms with E-state index in [0.717, 1.165) is 17.1 Å². The normalized spacial score (nSPS) is 19.2. The summed E-state index contributed by atoms with van der Waals surface area (Å²) < 4.78 is 25.1. The van der Waals surface area contributed by atoms with Gasteiger partial charge in [-0.15, -0.1) is 0 Å². The van der Waals surface area contributed by atoms with Crippen molar-refractivity contribution in [2.45, 2.75) is 23.8 Å². The van der Waals surface area contributed by atoms with Crippen molar-refractivity contribution >= 4 is 15.9 Å². The highest BCUT2D eigenvalue weighted by atomic mass is 32.2. The van der Waals surface area contributed by atoms with Crippen molar-refractivity contribution in [3.05, 3.63) is 29.8 Å². The number of aliphatic hydroxyl groups excluding tert-OH is 1. The zero-order valence-electron chi connectivity index (χ0n) is 12.2. The van der Waals surface area contributed by atoms with Gasteiger partial charge in [-0.3, -0.25) is 4.79 Å². The van der Waals surface area contributed by atoms with Crippen LogP contribution in [0.15, 0.2) is 29.2 Å². The SMILES string of the molecule is CN(C)S(=O)(=O)c1ccc(C(=O)N2CCCC2CO)cc1. The van der Waals surface area contributed by atoms with E-state index >= 15 is 0 Å². The molecule has 1 fully saturated rings. The van der Waals surface area contributed by atoms with Gasteiger partial charge >= 0.3 is 0 Å². The van der Waals surface area contributed by atoms with E-state index in [0.29, 0.717) is 12.1 Å². The van der Waals surface area contributed by atoms with E-state index < -0.39 is 10.0 Å². The number of nitrogens with zero attached hydrogens (tertiary/aromatic N) is 2. The third kappa shape index (κ3) is 3.09. The Kier molecular flexibility index (Phi) is 4.65. The quantitative estimate of drug-likeness (QED) is 0.880. The molecule has 0 saturated carbocycles. The van der Waals surface area contributed by atoms with Gasteiger partial charge in [-0.2, -0.15) is 0 Å². The first-order chi connectivity index (χ1) is 9.87. The van der Waals surface area contributed by atoms with Gasteiger partial charge in [-0.05, 0) is 37.1 Å². The van der Waals surface area contributed by atoms with Crippen LogP contribution in [0.5, 0.6) is 0 Å². The number of hydrogen-bond acceptors (Lipinski definition) is 4. The Bertz CT molecular complexity index is 610. The average molecular weight is 312 g/mol. The van der Waals surface area contributed by atoms with E-state index in [4.69, 9.17) is 0 Å². The minimum absolute atomic E-state index is 0.0428. The molecule has 2 rings (SSSR count). The van der Waals surface area contributed by atoms with Crippen LogP contribution in [0.25, 0.3) is 0 Å². The number of amides is 1. The van der Waals surface area contributed by atoms with Crippen LogP contribution in [-0.4, -0.2) is 61.9 Å². The van der Waals surface area contributed by atoms with Crippen molar-refractivity contribution in [2.75, 3.05) is 27.2 Å². The largest absolute Gasteiger partial charge is 0.394 e. The summed E-state index contributed by atoms with van der Waals surface area (Å²) in [5, 5.41) is 9.27. The topological polar surface area (TPSA) is 77.9 Å². The van der Waals surface area contributed by atoms with Gasteiger partial charge < -0.3 is 10.0 Å². The summed E-state index contributed by atoms with van der Waals surface area (Å²) in [6.07, 6.45) is 1.68. The van der Waals surface area contributed by atoms with Crippen molar-refractivity contribution in [1.29, 1.82) is 0 Å². The smallest absolute Gasteiger partial charge is 0.254 e. The van der Waals surface area contributed by atoms with Crippen molar-refractivity contribution in [2.24, 2.45) is 0 Å². The van der Waals surface area contributed by atoms with Gasteiger partial charge in [0.2, 0.25) is 10.0 Å². The molecule has 21 heavy (non-hydrogen) atoms. The van der Waals surface area contributed by atoms with Gasteiger partial charge in [0.25, 0.3) is 5.91 Å². The molecule has 0 radical (unpaired) electrons. The number of rotatable bonds is 4. The second-order valence-electron chi connectivity index (χ2n) is 5.29. The molecule has 1 aromatic carbocycles. The van der Waals surface area contributed by atoms with Crippen molar-refractivity contribution in [3.8, 4) is 0 Å². The molecule has 1 unspecified atom stereocenters. The number of hydrogen-bond donors (Lipinski definition) is 1. The molecule has 1 saturated heterocycles. The number of sulfonamides is 1. The maximum atomic E-state index is 12.4. The second-order valence-corrected chi connectivity index (χ2v) is 7.44. The molecule has 1 heterocycles. The molecule has 0 bridgehead atoms. The van der Waals surface area contributed by atoms with Crippen LogP contribution in [0.1, 0.15) is 23.2 Å². The van der Waals surface area contributed by atoms with Crippen LogP contribution >= 0.6 is 0 Å². The van der Waals surface area contributed by atoms with Crippen LogP contribution in [0.2, 0.25) is 0 Å². The lowest BCUT2D eigenvalue weighted by molar-refractivity contribution is 0.0677. The first-order valence-corrected chi connectivity index (χ1v) is 8.26. The summed E-state index contributed by atoms with van der Waals surface area (Å²) in [6, 6.07) is 5.78. The van der Waals surface area contributed by atoms with Crippen LogP contribution in [0.4, 0.5) is 0 Å². The molecule has 1 N–H and O–H groups in total. The molecule has 0 aromatic heterocycles. The highest BCUT2D eigenvalue weighted by Crippen LogP contribution is 2.21. The van der Waals surface area contributed by atoms with Crippen molar-refractivity contribution < 1.29 is 18.3 Å². The van der Waals surface area contributed by atoms with Gasteiger partial charge in [0, 0.05) is 26.2 Å². The molecule has 0 aliphatic carbocycles. The fourth-order valence-corrected chi connectivity index (χ4v) is 3.34. The highest BCUT2D eigenvalue weighted by molar-refractivity contribution is 7.89. The van der Waals surface area contributed by atoms with Gasteiger partial charge in [0.05, 0.1) is 17.5 Å². The Morgan fingerprint density at radius 3 is 2.48 bits per heavy atom. The lowest BCUT2D eigenvalue weighted by atomic mass is 10.2. The van der Waals surface area contributed by atoms with E-state index in [2.05, 4.69) is 0 Å². The number of likely N-dealkylation sites (tertiary alicyclic amines) is 1. The molecule has 1 aliphatic heterocycles. The van der Waals surface area contributed by atoms with E-state index in [-0.39, 0.29) is 23.5 Å². The highest BCUT2D eigenvalue weighted by Gasteiger charge is 2.29. The Morgan fingerprint density at radius 2 is 1.95 bits per heavy atom. The summed E-state index contributed by atoms with van der Waals surface area (Å²) in [5.74, 6) is -0.166. The summed E-state index contributed by atoms with van der Waals surface area (Å²) in [4.78, 5) is 14.2. The fourth-order valence-electron chi connectivity index (χ4n) is 2.44. The monoisotopic (exact) mass is 312 g/mol. The zero-order chi connectivity index (χ0) is 15.6. The van der Waals surface area contributed by atoms with Crippen molar-refractivity contribution in [1.82, 2.24) is 9.21 Å². The van der Waals surface area contributed by atoms with Gasteiger partial charge in [0.1, 0.15) is 0 Å². The predicted octanol–water partition coefficient (Wildman–Crippen LogP) is 0.534. The second kappa shape index (κ2) is 6.13. The van der Waals surface area contributed by atoms with Gasteiger partial charge in [0.15, 0.2) is 0 Å². The Labute approximate surface area is 125 Å². The van der Waals surface area contributed by atoms with E-state index in [1.165, 1.54) is 38.4 Å². The standard InChI is InChI=1S/C14H20N2O4S/c1-15(2)21(19,20)13-7-5-11(6-8-13)14(18)16-9-3-4-12(16)10-17/h5-8,12,17H,3-4,9-10H2,1-2H3. The molecule has 116 valence electrons. The van der Waals surface area contributed by atoms with Crippen LogP contribution in [0, 0.1) is 0 Å². The molecule has 1 aliphatic rings. The Morgan fingerprint density at radius 1 is 1.33 bits per heavy atom. The molecule has 6 nitrogen and oxygen atoms in total. The number of benzene rings is 1. The lowest BCUT2D eigenvalue weighted by Crippen LogP contribution is -2.37. The lowest BCUT2D eigenvalue weighted by Gasteiger charge is -2.23. The Balaban J connectivity index is 2.21. The molecular weight excluding hydrogens is 292 g/mol. The van der Waals surface area contributed by atoms with Crippen LogP contribution in [-0.2, 0) is 10.0 Å². The third-order valence-electron chi connectivity index (χ3n) is 3.73. The minimum atomic E-state index is -3.49. The Hall–Kier alpha value is -1.44. The molecule has 1 amide bonds. The summed E-state index contributed by atoms with van der Waals surface area (Å²) in [6.45, 7) is 0.584. The number of carbonyl (C=O) groups is 1. The zero-order valence-corrected chi connectivity index (χ0v) is 13.0. The van der Waals surface area contributed by atoms with E-state index in [1.807, 2.05) is 0 Å². The minimum Gasteiger partial charge on any atom is -0.394 e. The number of carbonyl (C=O) groups excluding carboxylic acids is 1. The third-order valence-corrected chi connectivity index (χ3v) is 5.56. The van der Waals surface area contributed by atoms with Crippen LogP contribution < -0.4 is 0 Å². The van der Waals surface area contributed by atoms with Gasteiger partial charge in [-0.1, -0.05) is 0 Å².